The molecule has 0 bridgehead atoms. The molecule has 1 aliphatic rings. The summed E-state index contributed by atoms with van der Waals surface area (Å²) in [7, 11) is 0. The predicted octanol–water partition coefficient (Wildman–Crippen LogP) is 2.84. The summed E-state index contributed by atoms with van der Waals surface area (Å²) in [6.45, 7) is 2.01. The zero-order valence-electron chi connectivity index (χ0n) is 10.2. The maximum atomic E-state index is 13.5. The molecule has 2 N–H and O–H groups in total. The number of aromatic nitrogens is 1. The third-order valence-corrected chi connectivity index (χ3v) is 3.54. The zero-order chi connectivity index (χ0) is 12.7. The Morgan fingerprint density at radius 1 is 1.50 bits per heavy atom. The van der Waals surface area contributed by atoms with Crippen LogP contribution in [0.15, 0.2) is 24.3 Å². The van der Waals surface area contributed by atoms with Crippen molar-refractivity contribution < 1.29 is 9.18 Å². The minimum absolute atomic E-state index is 0.162. The average Bonchev–Trinajstić information content (AvgIpc) is 3.09. The van der Waals surface area contributed by atoms with Gasteiger partial charge in [0.2, 0.25) is 0 Å². The Balaban J connectivity index is 1.84. The normalized spacial score (nSPS) is 16.8. The van der Waals surface area contributed by atoms with Crippen molar-refractivity contribution in [2.75, 3.05) is 0 Å². The van der Waals surface area contributed by atoms with Crippen LogP contribution in [0.2, 0.25) is 0 Å². The van der Waals surface area contributed by atoms with Crippen LogP contribution in [0.4, 0.5) is 4.39 Å². The lowest BCUT2D eigenvalue weighted by Gasteiger charge is -2.11. The fraction of sp³-hybridized carbons (Fsp3) is 0.357. The number of halogens is 1. The summed E-state index contributed by atoms with van der Waals surface area (Å²) in [5, 5.41) is 3.41. The van der Waals surface area contributed by atoms with Crippen LogP contribution in [-0.4, -0.2) is 16.9 Å². The lowest BCUT2D eigenvalue weighted by molar-refractivity contribution is 0.0931. The molecule has 94 valence electrons. The molecule has 3 nitrogen and oxygen atoms in total. The summed E-state index contributed by atoms with van der Waals surface area (Å²) < 4.78 is 13.5. The Morgan fingerprint density at radius 2 is 2.28 bits per heavy atom. The molecule has 0 saturated heterocycles. The molecular weight excluding hydrogens is 231 g/mol. The van der Waals surface area contributed by atoms with Gasteiger partial charge in [-0.2, -0.15) is 0 Å². The summed E-state index contributed by atoms with van der Waals surface area (Å²) in [4.78, 5) is 15.0. The molecule has 1 aromatic heterocycles. The van der Waals surface area contributed by atoms with Crippen molar-refractivity contribution in [3.8, 4) is 0 Å². The molecular formula is C14H15FN2O. The molecule has 1 heterocycles. The Morgan fingerprint density at radius 3 is 2.94 bits per heavy atom. The van der Waals surface area contributed by atoms with E-state index in [0.29, 0.717) is 22.5 Å². The number of rotatable bonds is 3. The lowest BCUT2D eigenvalue weighted by Crippen LogP contribution is -2.34. The minimum Gasteiger partial charge on any atom is -0.350 e. The van der Waals surface area contributed by atoms with Gasteiger partial charge in [0.25, 0.3) is 5.91 Å². The minimum atomic E-state index is -0.307. The Bertz CT molecular complexity index is 601. The van der Waals surface area contributed by atoms with Crippen LogP contribution in [0, 0.1) is 11.7 Å². The number of benzene rings is 1. The molecule has 2 aromatic rings. The summed E-state index contributed by atoms with van der Waals surface area (Å²) in [6, 6.07) is 6.54. The van der Waals surface area contributed by atoms with E-state index >= 15 is 0 Å². The van der Waals surface area contributed by atoms with Crippen LogP contribution in [0.3, 0.4) is 0 Å². The Labute approximate surface area is 104 Å². The average molecular weight is 246 g/mol. The fourth-order valence-corrected chi connectivity index (χ4v) is 2.24. The van der Waals surface area contributed by atoms with E-state index in [4.69, 9.17) is 0 Å². The van der Waals surface area contributed by atoms with Crippen molar-refractivity contribution in [3.05, 3.63) is 35.8 Å². The third-order valence-electron chi connectivity index (χ3n) is 3.54. The zero-order valence-corrected chi connectivity index (χ0v) is 10.2. The molecule has 1 unspecified atom stereocenters. The number of H-pyrrole nitrogens is 1. The molecule has 1 amide bonds. The number of hydrogen-bond donors (Lipinski definition) is 2. The van der Waals surface area contributed by atoms with Gasteiger partial charge in [0.1, 0.15) is 11.5 Å². The molecule has 3 rings (SSSR count). The van der Waals surface area contributed by atoms with Crippen molar-refractivity contribution in [2.45, 2.75) is 25.8 Å². The summed E-state index contributed by atoms with van der Waals surface area (Å²) in [6.07, 6.45) is 2.37. The van der Waals surface area contributed by atoms with Crippen LogP contribution in [0.25, 0.3) is 10.9 Å². The summed E-state index contributed by atoms with van der Waals surface area (Å²) >= 11 is 0. The van der Waals surface area contributed by atoms with Gasteiger partial charge in [0, 0.05) is 16.9 Å². The summed E-state index contributed by atoms with van der Waals surface area (Å²) in [5.41, 5.74) is 1.07. The molecule has 1 aromatic carbocycles. The van der Waals surface area contributed by atoms with E-state index in [1.165, 1.54) is 18.9 Å². The second-order valence-corrected chi connectivity index (χ2v) is 4.98. The number of nitrogens with one attached hydrogen (secondary N) is 2. The standard InChI is InChI=1S/C14H15FN2O/c1-8(9-5-6-9)16-14(18)13-7-10-11(15)3-2-4-12(10)17-13/h2-4,7-9,17H,5-6H2,1H3,(H,16,18). The first-order valence-electron chi connectivity index (χ1n) is 6.23. The first-order chi connectivity index (χ1) is 8.65. The second kappa shape index (κ2) is 4.12. The number of aromatic amines is 1. The van der Waals surface area contributed by atoms with Gasteiger partial charge in [-0.15, -0.1) is 0 Å². The largest absolute Gasteiger partial charge is 0.350 e. The van der Waals surface area contributed by atoms with Crippen LogP contribution in [0.1, 0.15) is 30.3 Å². The number of fused-ring (bicyclic) bond motifs is 1. The topological polar surface area (TPSA) is 44.9 Å². The van der Waals surface area contributed by atoms with Gasteiger partial charge in [0.15, 0.2) is 0 Å². The van der Waals surface area contributed by atoms with E-state index in [1.54, 1.807) is 18.2 Å². The number of carbonyl (C=O) groups is 1. The molecule has 1 fully saturated rings. The van der Waals surface area contributed by atoms with Crippen molar-refractivity contribution >= 4 is 16.8 Å². The van der Waals surface area contributed by atoms with Crippen molar-refractivity contribution in [3.63, 3.8) is 0 Å². The molecule has 1 aliphatic carbocycles. The maximum Gasteiger partial charge on any atom is 0.267 e. The number of amides is 1. The van der Waals surface area contributed by atoms with Gasteiger partial charge in [-0.3, -0.25) is 4.79 Å². The molecule has 0 spiro atoms. The molecule has 0 radical (unpaired) electrons. The van der Waals surface area contributed by atoms with Crippen molar-refractivity contribution in [1.82, 2.24) is 10.3 Å². The van der Waals surface area contributed by atoms with Gasteiger partial charge in [0.05, 0.1) is 0 Å². The highest BCUT2D eigenvalue weighted by molar-refractivity contribution is 5.98. The van der Waals surface area contributed by atoms with E-state index in [2.05, 4.69) is 10.3 Å². The van der Waals surface area contributed by atoms with E-state index in [-0.39, 0.29) is 17.8 Å². The van der Waals surface area contributed by atoms with Gasteiger partial charge in [-0.25, -0.2) is 4.39 Å². The van der Waals surface area contributed by atoms with E-state index in [0.717, 1.165) is 0 Å². The van der Waals surface area contributed by atoms with Crippen LogP contribution in [-0.2, 0) is 0 Å². The highest BCUT2D eigenvalue weighted by Gasteiger charge is 2.29. The lowest BCUT2D eigenvalue weighted by atomic mass is 10.2. The monoisotopic (exact) mass is 246 g/mol. The van der Waals surface area contributed by atoms with Crippen LogP contribution >= 0.6 is 0 Å². The van der Waals surface area contributed by atoms with Gasteiger partial charge in [-0.1, -0.05) is 6.07 Å². The van der Waals surface area contributed by atoms with Crippen molar-refractivity contribution in [1.29, 1.82) is 0 Å². The van der Waals surface area contributed by atoms with Gasteiger partial charge < -0.3 is 10.3 Å². The SMILES string of the molecule is CC(NC(=O)c1cc2c(F)cccc2[nH]1)C1CC1. The first-order valence-corrected chi connectivity index (χ1v) is 6.23. The fourth-order valence-electron chi connectivity index (χ4n) is 2.24. The summed E-state index contributed by atoms with van der Waals surface area (Å²) in [5.74, 6) is 0.137. The molecule has 1 saturated carbocycles. The molecule has 4 heteroatoms. The molecule has 0 aliphatic heterocycles. The predicted molar refractivity (Wildman–Crippen MR) is 67.9 cm³/mol. The van der Waals surface area contributed by atoms with Gasteiger partial charge in [-0.05, 0) is 43.9 Å². The Kier molecular flexibility index (Phi) is 2.58. The van der Waals surface area contributed by atoms with E-state index in [9.17, 15) is 9.18 Å². The number of carbonyl (C=O) groups excluding carboxylic acids is 1. The van der Waals surface area contributed by atoms with E-state index < -0.39 is 0 Å². The van der Waals surface area contributed by atoms with E-state index in [1.807, 2.05) is 6.92 Å². The highest BCUT2D eigenvalue weighted by Crippen LogP contribution is 2.32. The first kappa shape index (κ1) is 11.3. The second-order valence-electron chi connectivity index (χ2n) is 4.98. The maximum absolute atomic E-state index is 13.5. The molecule has 18 heavy (non-hydrogen) atoms. The van der Waals surface area contributed by atoms with Crippen LogP contribution in [0.5, 0.6) is 0 Å². The quantitative estimate of drug-likeness (QED) is 0.859. The van der Waals surface area contributed by atoms with Crippen LogP contribution < -0.4 is 5.32 Å². The number of hydrogen-bond acceptors (Lipinski definition) is 1. The third kappa shape index (κ3) is 1.98. The van der Waals surface area contributed by atoms with Gasteiger partial charge >= 0.3 is 0 Å². The highest BCUT2D eigenvalue weighted by atomic mass is 19.1. The smallest absolute Gasteiger partial charge is 0.267 e. The molecule has 1 atom stereocenters. The Hall–Kier alpha value is -1.84. The van der Waals surface area contributed by atoms with Crippen molar-refractivity contribution in [2.24, 2.45) is 5.92 Å².